The van der Waals surface area contributed by atoms with Crippen molar-refractivity contribution in [1.82, 2.24) is 24.5 Å². The van der Waals surface area contributed by atoms with Crippen LogP contribution in [0.5, 0.6) is 0 Å². The van der Waals surface area contributed by atoms with Crippen LogP contribution in [0.25, 0.3) is 113 Å². The van der Waals surface area contributed by atoms with Gasteiger partial charge in [0.05, 0.1) is 42.9 Å². The summed E-state index contributed by atoms with van der Waals surface area (Å²) in [6, 6.07) is 62.6. The third-order valence-electron chi connectivity index (χ3n) is 11.2. The van der Waals surface area contributed by atoms with Crippen LogP contribution in [0.15, 0.2) is 188 Å². The summed E-state index contributed by atoms with van der Waals surface area (Å²) in [4.78, 5) is 19.4. The minimum absolute atomic E-state index is 0.960. The predicted octanol–water partition coefficient (Wildman–Crippen LogP) is 14.3. The number of hydrogen-bond acceptors (Lipinski definition) is 6. The molecule has 5 nitrogen and oxygen atoms in total. The molecule has 5 aromatic heterocycles. The molecule has 5 heterocycles. The highest BCUT2D eigenvalue weighted by Crippen LogP contribution is 2.41. The maximum absolute atomic E-state index is 5.13. The van der Waals surface area contributed by atoms with E-state index in [0.29, 0.717) is 0 Å². The second-order valence-corrected chi connectivity index (χ2v) is 16.8. The summed E-state index contributed by atoms with van der Waals surface area (Å²) in [6.45, 7) is 0. The molecule has 0 saturated carbocycles. The Bertz CT molecular complexity index is 3370. The number of thiazole rings is 2. The highest BCUT2D eigenvalue weighted by Gasteiger charge is 2.18. The average Bonchev–Trinajstić information content (AvgIpc) is 4.02. The summed E-state index contributed by atoms with van der Waals surface area (Å²) in [6.07, 6.45) is 3.68. The van der Waals surface area contributed by atoms with Crippen LogP contribution in [0.4, 0.5) is 0 Å². The fraction of sp³-hybridized carbons (Fsp3) is 0. The molecule has 7 aromatic carbocycles. The number of fused-ring (bicyclic) bond motifs is 6. The second-order valence-electron chi connectivity index (χ2n) is 14.7. The van der Waals surface area contributed by atoms with E-state index in [1.54, 1.807) is 22.7 Å². The summed E-state index contributed by atoms with van der Waals surface area (Å²) in [5.74, 6) is 0. The van der Waals surface area contributed by atoms with Gasteiger partial charge in [0, 0.05) is 51.1 Å². The highest BCUT2D eigenvalue weighted by molar-refractivity contribution is 7.22. The van der Waals surface area contributed by atoms with Crippen LogP contribution in [-0.2, 0) is 0 Å². The lowest BCUT2D eigenvalue weighted by molar-refractivity contribution is 1.18. The van der Waals surface area contributed by atoms with Crippen LogP contribution in [0.3, 0.4) is 0 Å². The Morgan fingerprint density at radius 3 is 1.44 bits per heavy atom. The zero-order chi connectivity index (χ0) is 38.9. The molecule has 12 aromatic rings. The lowest BCUT2D eigenvalue weighted by atomic mass is 10.0. The number of hydrogen-bond donors (Lipinski definition) is 0. The van der Waals surface area contributed by atoms with Crippen molar-refractivity contribution in [2.24, 2.45) is 0 Å². The van der Waals surface area contributed by atoms with Gasteiger partial charge in [-0.2, -0.15) is 0 Å². The van der Waals surface area contributed by atoms with Gasteiger partial charge in [-0.1, -0.05) is 97.1 Å². The van der Waals surface area contributed by atoms with Crippen molar-refractivity contribution in [2.45, 2.75) is 0 Å². The van der Waals surface area contributed by atoms with E-state index in [-0.39, 0.29) is 0 Å². The molecular formula is C52H31N5S2. The lowest BCUT2D eigenvalue weighted by Crippen LogP contribution is -1.94. The first-order valence-electron chi connectivity index (χ1n) is 19.5. The molecule has 0 spiro atoms. The van der Waals surface area contributed by atoms with Gasteiger partial charge in [-0.3, -0.25) is 9.97 Å². The van der Waals surface area contributed by atoms with Gasteiger partial charge < -0.3 is 4.57 Å². The minimum atomic E-state index is 0.960. The van der Waals surface area contributed by atoms with E-state index in [1.165, 1.54) is 32.7 Å². The number of rotatable bonds is 6. The molecule has 0 amide bonds. The molecule has 0 unspecified atom stereocenters. The molecule has 276 valence electrons. The fourth-order valence-electron chi connectivity index (χ4n) is 8.22. The summed E-state index contributed by atoms with van der Waals surface area (Å²) < 4.78 is 4.68. The molecule has 0 N–H and O–H groups in total. The Morgan fingerprint density at radius 2 is 0.881 bits per heavy atom. The number of aromatic nitrogens is 5. The molecule has 7 heteroatoms. The normalized spacial score (nSPS) is 11.7. The van der Waals surface area contributed by atoms with Crippen LogP contribution >= 0.6 is 22.7 Å². The SMILES string of the molecule is c1ccc(-c2ccc3nc(-c4ccc5c6ccc(-c7nc8ccc(-c9ccccn9)cc8s7)cc6n(-c6ccc(-c7ccc8ccccc8c7)cc6)c5c4)sc3c2)nc1. The van der Waals surface area contributed by atoms with Crippen LogP contribution in [0, 0.1) is 0 Å². The number of benzene rings is 7. The van der Waals surface area contributed by atoms with Gasteiger partial charge in [-0.15, -0.1) is 22.7 Å². The van der Waals surface area contributed by atoms with Crippen molar-refractivity contribution in [3.63, 3.8) is 0 Å². The predicted molar refractivity (Wildman–Crippen MR) is 247 cm³/mol. The van der Waals surface area contributed by atoms with E-state index in [1.807, 2.05) is 48.8 Å². The van der Waals surface area contributed by atoms with Crippen molar-refractivity contribution in [3.05, 3.63) is 188 Å². The van der Waals surface area contributed by atoms with Gasteiger partial charge in [0.25, 0.3) is 0 Å². The molecule has 0 aliphatic heterocycles. The average molecular weight is 790 g/mol. The molecule has 0 saturated heterocycles. The summed E-state index contributed by atoms with van der Waals surface area (Å²) in [5, 5.41) is 6.84. The fourth-order valence-corrected chi connectivity index (χ4v) is 10.2. The molecule has 0 radical (unpaired) electrons. The van der Waals surface area contributed by atoms with E-state index in [9.17, 15) is 0 Å². The van der Waals surface area contributed by atoms with Gasteiger partial charge >= 0.3 is 0 Å². The topological polar surface area (TPSA) is 56.5 Å². The standard InChI is InChI=1S/C52H31N5S2/c1-2-8-34-27-35(12-11-32(34)7-1)33-13-19-40(20-14-33)57-47-28-38(51-55-45-23-17-36(30-49(45)58-51)43-9-3-5-25-53-43)15-21-41(47)42-22-16-39(29-48(42)57)52-56-46-24-18-37(31-50(46)59-52)44-10-4-6-26-54-44/h1-31H. The van der Waals surface area contributed by atoms with Gasteiger partial charge in [0.15, 0.2) is 0 Å². The van der Waals surface area contributed by atoms with Crippen LogP contribution in [0.1, 0.15) is 0 Å². The van der Waals surface area contributed by atoms with Crippen LogP contribution < -0.4 is 0 Å². The maximum atomic E-state index is 5.13. The molecular weight excluding hydrogens is 759 g/mol. The maximum Gasteiger partial charge on any atom is 0.124 e. The van der Waals surface area contributed by atoms with E-state index in [0.717, 1.165) is 80.8 Å². The van der Waals surface area contributed by atoms with Gasteiger partial charge in [-0.25, -0.2) is 9.97 Å². The first-order chi connectivity index (χ1) is 29.2. The van der Waals surface area contributed by atoms with Crippen LogP contribution in [0.2, 0.25) is 0 Å². The van der Waals surface area contributed by atoms with Gasteiger partial charge in [0.2, 0.25) is 0 Å². The van der Waals surface area contributed by atoms with E-state index in [2.05, 4.69) is 154 Å². The quantitative estimate of drug-likeness (QED) is 0.168. The van der Waals surface area contributed by atoms with E-state index < -0.39 is 0 Å². The Morgan fingerprint density at radius 1 is 0.373 bits per heavy atom. The summed E-state index contributed by atoms with van der Waals surface area (Å²) >= 11 is 3.44. The molecule has 0 bridgehead atoms. The molecule has 0 aliphatic carbocycles. The summed E-state index contributed by atoms with van der Waals surface area (Å²) in [7, 11) is 0. The molecule has 0 fully saturated rings. The number of nitrogens with zero attached hydrogens (tertiary/aromatic N) is 5. The number of pyridine rings is 2. The van der Waals surface area contributed by atoms with E-state index in [4.69, 9.17) is 9.97 Å². The second kappa shape index (κ2) is 13.7. The first kappa shape index (κ1) is 33.8. The third-order valence-corrected chi connectivity index (χ3v) is 13.3. The largest absolute Gasteiger partial charge is 0.309 e. The van der Waals surface area contributed by atoms with Crippen LogP contribution in [-0.4, -0.2) is 24.5 Å². The molecule has 0 atom stereocenters. The Balaban J connectivity index is 1.00. The molecule has 0 aliphatic rings. The van der Waals surface area contributed by atoms with E-state index >= 15 is 0 Å². The van der Waals surface area contributed by atoms with Gasteiger partial charge in [0.1, 0.15) is 10.0 Å². The monoisotopic (exact) mass is 789 g/mol. The zero-order valence-electron chi connectivity index (χ0n) is 31.5. The summed E-state index contributed by atoms with van der Waals surface area (Å²) in [5.41, 5.74) is 14.0. The Labute approximate surface area is 347 Å². The Hall–Kier alpha value is -7.32. The molecule has 59 heavy (non-hydrogen) atoms. The van der Waals surface area contributed by atoms with Crippen molar-refractivity contribution in [2.75, 3.05) is 0 Å². The van der Waals surface area contributed by atoms with Gasteiger partial charge in [-0.05, 0) is 101 Å². The van der Waals surface area contributed by atoms with Crippen molar-refractivity contribution in [3.8, 4) is 60.5 Å². The minimum Gasteiger partial charge on any atom is -0.309 e. The van der Waals surface area contributed by atoms with Crippen molar-refractivity contribution >= 4 is 75.7 Å². The lowest BCUT2D eigenvalue weighted by Gasteiger charge is -2.11. The smallest absolute Gasteiger partial charge is 0.124 e. The first-order valence-corrected chi connectivity index (χ1v) is 21.1. The van der Waals surface area contributed by atoms with Crippen molar-refractivity contribution in [1.29, 1.82) is 0 Å². The molecule has 12 rings (SSSR count). The Kier molecular flexibility index (Phi) is 7.82. The third kappa shape index (κ3) is 5.90. The zero-order valence-corrected chi connectivity index (χ0v) is 33.1. The highest BCUT2D eigenvalue weighted by atomic mass is 32.1. The van der Waals surface area contributed by atoms with Crippen molar-refractivity contribution < 1.29 is 0 Å².